The van der Waals surface area contributed by atoms with Crippen molar-refractivity contribution >= 4 is 17.7 Å². The molecule has 1 aromatic carbocycles. The predicted molar refractivity (Wildman–Crippen MR) is 101 cm³/mol. The molecule has 2 N–H and O–H groups in total. The summed E-state index contributed by atoms with van der Waals surface area (Å²) in [6.07, 6.45) is -4.92. The number of benzene rings is 1. The standard InChI is InChI=1S/C19H26F3N3O4/c1-12-10-24(7-8-25(12)17(27)29-18(2,3)4)16(26)13-5-6-15(14(23)9-13)28-11-19(20,21)22/h5-6,9,12H,7-8,10-11,23H2,1-4H3/t12-/m1/s1. The lowest BCUT2D eigenvalue weighted by molar-refractivity contribution is -0.153. The fraction of sp³-hybridized carbons (Fsp3) is 0.579. The van der Waals surface area contributed by atoms with E-state index in [4.69, 9.17) is 10.5 Å². The maximum atomic E-state index is 12.7. The molecule has 0 radical (unpaired) electrons. The molecule has 0 unspecified atom stereocenters. The van der Waals surface area contributed by atoms with Gasteiger partial charge in [-0.2, -0.15) is 13.2 Å². The lowest BCUT2D eigenvalue weighted by Crippen LogP contribution is -2.56. The average Bonchev–Trinajstić information content (AvgIpc) is 2.57. The van der Waals surface area contributed by atoms with E-state index < -0.39 is 24.5 Å². The maximum Gasteiger partial charge on any atom is 0.422 e. The van der Waals surface area contributed by atoms with Crippen molar-refractivity contribution in [3.05, 3.63) is 23.8 Å². The highest BCUT2D eigenvalue weighted by Crippen LogP contribution is 2.26. The molecule has 2 rings (SSSR count). The Kier molecular flexibility index (Phi) is 6.54. The first-order valence-electron chi connectivity index (χ1n) is 9.15. The van der Waals surface area contributed by atoms with Crippen LogP contribution in [-0.4, -0.2) is 65.9 Å². The van der Waals surface area contributed by atoms with Gasteiger partial charge in [0, 0.05) is 31.2 Å². The Bertz CT molecular complexity index is 762. The monoisotopic (exact) mass is 417 g/mol. The van der Waals surface area contributed by atoms with Crippen molar-refractivity contribution in [2.45, 2.75) is 45.5 Å². The van der Waals surface area contributed by atoms with Gasteiger partial charge in [0.15, 0.2) is 6.61 Å². The number of halogens is 3. The molecule has 2 amide bonds. The lowest BCUT2D eigenvalue weighted by Gasteiger charge is -2.40. The van der Waals surface area contributed by atoms with Crippen LogP contribution in [0.4, 0.5) is 23.7 Å². The Morgan fingerprint density at radius 2 is 1.86 bits per heavy atom. The van der Waals surface area contributed by atoms with Crippen LogP contribution in [0.3, 0.4) is 0 Å². The molecule has 0 spiro atoms. The number of rotatable bonds is 3. The Balaban J connectivity index is 2.01. The van der Waals surface area contributed by atoms with E-state index in [0.717, 1.165) is 0 Å². The number of hydrogen-bond donors (Lipinski definition) is 1. The molecule has 0 aliphatic carbocycles. The Labute approximate surface area is 167 Å². The molecular weight excluding hydrogens is 391 g/mol. The van der Waals surface area contributed by atoms with E-state index >= 15 is 0 Å². The number of nitrogens with zero attached hydrogens (tertiary/aromatic N) is 2. The number of nitrogens with two attached hydrogens (primary N) is 1. The first-order valence-corrected chi connectivity index (χ1v) is 9.15. The largest absolute Gasteiger partial charge is 0.482 e. The summed E-state index contributed by atoms with van der Waals surface area (Å²) in [7, 11) is 0. The van der Waals surface area contributed by atoms with Crippen LogP contribution >= 0.6 is 0 Å². The van der Waals surface area contributed by atoms with Crippen molar-refractivity contribution in [3.63, 3.8) is 0 Å². The van der Waals surface area contributed by atoms with Crippen LogP contribution in [0.1, 0.15) is 38.1 Å². The second-order valence-electron chi connectivity index (χ2n) is 7.93. The minimum atomic E-state index is -4.48. The summed E-state index contributed by atoms with van der Waals surface area (Å²) >= 11 is 0. The van der Waals surface area contributed by atoms with Crippen LogP contribution < -0.4 is 10.5 Å². The zero-order valence-corrected chi connectivity index (χ0v) is 16.9. The van der Waals surface area contributed by atoms with Crippen LogP contribution in [0.2, 0.25) is 0 Å². The predicted octanol–water partition coefficient (Wildman–Crippen LogP) is 3.29. The summed E-state index contributed by atoms with van der Waals surface area (Å²) in [4.78, 5) is 28.2. The van der Waals surface area contributed by atoms with Crippen LogP contribution in [0, 0.1) is 0 Å². The fourth-order valence-corrected chi connectivity index (χ4v) is 2.89. The summed E-state index contributed by atoms with van der Waals surface area (Å²) in [5.41, 5.74) is 5.30. The molecule has 0 saturated carbocycles. The van der Waals surface area contributed by atoms with Gasteiger partial charge in [0.25, 0.3) is 5.91 Å². The minimum Gasteiger partial charge on any atom is -0.482 e. The molecule has 1 saturated heterocycles. The number of carbonyl (C=O) groups is 2. The topological polar surface area (TPSA) is 85.1 Å². The normalized spacial score (nSPS) is 17.8. The van der Waals surface area contributed by atoms with E-state index in [1.807, 2.05) is 6.92 Å². The van der Waals surface area contributed by atoms with Gasteiger partial charge in [-0.15, -0.1) is 0 Å². The number of nitrogen functional groups attached to an aromatic ring is 1. The molecule has 1 fully saturated rings. The molecule has 0 aromatic heterocycles. The number of anilines is 1. The van der Waals surface area contributed by atoms with E-state index in [9.17, 15) is 22.8 Å². The van der Waals surface area contributed by atoms with Crippen molar-refractivity contribution in [3.8, 4) is 5.75 Å². The number of carbonyl (C=O) groups excluding carboxylic acids is 2. The van der Waals surface area contributed by atoms with Crippen LogP contribution in [-0.2, 0) is 4.74 Å². The molecule has 1 aromatic rings. The third-order valence-corrected chi connectivity index (χ3v) is 4.19. The number of amides is 2. The van der Waals surface area contributed by atoms with Gasteiger partial charge in [0.1, 0.15) is 11.4 Å². The van der Waals surface area contributed by atoms with Crippen LogP contribution in [0.25, 0.3) is 0 Å². The fourth-order valence-electron chi connectivity index (χ4n) is 2.89. The quantitative estimate of drug-likeness (QED) is 0.763. The second-order valence-corrected chi connectivity index (χ2v) is 7.93. The third kappa shape index (κ3) is 6.43. The van der Waals surface area contributed by atoms with Crippen molar-refractivity contribution in [1.82, 2.24) is 9.80 Å². The molecule has 1 aliphatic rings. The summed E-state index contributed by atoms with van der Waals surface area (Å²) < 4.78 is 46.9. The van der Waals surface area contributed by atoms with Crippen LogP contribution in [0.5, 0.6) is 5.75 Å². The lowest BCUT2D eigenvalue weighted by atomic mass is 10.1. The Morgan fingerprint density at radius 3 is 2.38 bits per heavy atom. The summed E-state index contributed by atoms with van der Waals surface area (Å²) in [5, 5.41) is 0. The molecular formula is C19H26F3N3O4. The first-order chi connectivity index (χ1) is 13.3. The molecule has 29 heavy (non-hydrogen) atoms. The van der Waals surface area contributed by atoms with Crippen molar-refractivity contribution < 1.29 is 32.2 Å². The molecule has 162 valence electrons. The SMILES string of the molecule is C[C@@H]1CN(C(=O)c2ccc(OCC(F)(F)F)c(N)c2)CCN1C(=O)OC(C)(C)C. The minimum absolute atomic E-state index is 0.0551. The van der Waals surface area contributed by atoms with Gasteiger partial charge in [-0.1, -0.05) is 0 Å². The zero-order chi connectivity index (χ0) is 22.0. The van der Waals surface area contributed by atoms with Gasteiger partial charge in [-0.25, -0.2) is 4.79 Å². The second kappa shape index (κ2) is 8.38. The highest BCUT2D eigenvalue weighted by Gasteiger charge is 2.33. The smallest absolute Gasteiger partial charge is 0.422 e. The van der Waals surface area contributed by atoms with Crippen molar-refractivity contribution in [2.24, 2.45) is 0 Å². The molecule has 0 bridgehead atoms. The molecule has 1 heterocycles. The highest BCUT2D eigenvalue weighted by atomic mass is 19.4. The summed E-state index contributed by atoms with van der Waals surface area (Å²) in [5.74, 6) is -0.461. The number of alkyl halides is 3. The average molecular weight is 417 g/mol. The number of ether oxygens (including phenoxy) is 2. The molecule has 1 atom stereocenters. The summed E-state index contributed by atoms with van der Waals surface area (Å²) in [6, 6.07) is 3.65. The van der Waals surface area contributed by atoms with Crippen molar-refractivity contribution in [1.29, 1.82) is 0 Å². The number of hydrogen-bond acceptors (Lipinski definition) is 5. The van der Waals surface area contributed by atoms with Gasteiger partial charge >= 0.3 is 12.3 Å². The molecule has 1 aliphatic heterocycles. The molecule has 7 nitrogen and oxygen atoms in total. The van der Waals surface area contributed by atoms with E-state index in [0.29, 0.717) is 19.6 Å². The van der Waals surface area contributed by atoms with E-state index in [1.54, 1.807) is 30.6 Å². The van der Waals surface area contributed by atoms with E-state index in [2.05, 4.69) is 4.74 Å². The first kappa shape index (κ1) is 22.6. The van der Waals surface area contributed by atoms with Gasteiger partial charge in [-0.3, -0.25) is 4.79 Å². The van der Waals surface area contributed by atoms with Crippen molar-refractivity contribution in [2.75, 3.05) is 32.0 Å². The zero-order valence-electron chi connectivity index (χ0n) is 16.9. The number of piperazine rings is 1. The highest BCUT2D eigenvalue weighted by molar-refractivity contribution is 5.95. The third-order valence-electron chi connectivity index (χ3n) is 4.19. The van der Waals surface area contributed by atoms with E-state index in [-0.39, 0.29) is 28.9 Å². The van der Waals surface area contributed by atoms with E-state index in [1.165, 1.54) is 18.2 Å². The van der Waals surface area contributed by atoms with Gasteiger partial charge < -0.3 is 25.0 Å². The maximum absolute atomic E-state index is 12.7. The van der Waals surface area contributed by atoms with Gasteiger partial charge in [0.2, 0.25) is 0 Å². The Hall–Kier alpha value is -2.65. The Morgan fingerprint density at radius 1 is 1.21 bits per heavy atom. The van der Waals surface area contributed by atoms with Crippen LogP contribution in [0.15, 0.2) is 18.2 Å². The summed E-state index contributed by atoms with van der Waals surface area (Å²) in [6.45, 7) is 6.59. The van der Waals surface area contributed by atoms with Gasteiger partial charge in [-0.05, 0) is 45.9 Å². The molecule has 10 heteroatoms. The van der Waals surface area contributed by atoms with Gasteiger partial charge in [0.05, 0.1) is 5.69 Å².